The third-order valence-electron chi connectivity index (χ3n) is 4.85. The summed E-state index contributed by atoms with van der Waals surface area (Å²) in [7, 11) is 0. The van der Waals surface area contributed by atoms with E-state index in [1.54, 1.807) is 24.3 Å². The van der Waals surface area contributed by atoms with Crippen LogP contribution in [0, 0.1) is 0 Å². The number of carbonyl (C=O) groups is 2. The number of nitrogens with one attached hydrogen (secondary N) is 2. The van der Waals surface area contributed by atoms with Gasteiger partial charge in [-0.15, -0.1) is 16.8 Å². The lowest BCUT2D eigenvalue weighted by molar-refractivity contribution is -0.114. The van der Waals surface area contributed by atoms with Crippen LogP contribution in [0.1, 0.15) is 50.8 Å². The Hall–Kier alpha value is -2.61. The van der Waals surface area contributed by atoms with Crippen molar-refractivity contribution in [1.82, 2.24) is 14.8 Å². The van der Waals surface area contributed by atoms with Gasteiger partial charge in [0.1, 0.15) is 5.82 Å². The van der Waals surface area contributed by atoms with Gasteiger partial charge in [-0.05, 0) is 37.1 Å². The SMILES string of the molecule is C=CCn1c(SCC(=O)Nc2ccc(NC(C)=O)cc2)nnc1C1CCCCC1. The lowest BCUT2D eigenvalue weighted by atomic mass is 9.89. The molecule has 29 heavy (non-hydrogen) atoms. The maximum Gasteiger partial charge on any atom is 0.234 e. The second kappa shape index (κ2) is 10.2. The second-order valence-electron chi connectivity index (χ2n) is 7.17. The number of allylic oxidation sites excluding steroid dienone is 1. The van der Waals surface area contributed by atoms with Crippen molar-refractivity contribution < 1.29 is 9.59 Å². The molecular formula is C21H27N5O2S. The number of hydrogen-bond acceptors (Lipinski definition) is 5. The number of thioether (sulfide) groups is 1. The zero-order valence-corrected chi connectivity index (χ0v) is 17.5. The highest BCUT2D eigenvalue weighted by Gasteiger charge is 2.23. The van der Waals surface area contributed by atoms with Crippen molar-refractivity contribution in [2.45, 2.75) is 56.6 Å². The van der Waals surface area contributed by atoms with Gasteiger partial charge in [-0.25, -0.2) is 0 Å². The molecule has 1 aromatic heterocycles. The predicted molar refractivity (Wildman–Crippen MR) is 116 cm³/mol. The number of amides is 2. The minimum Gasteiger partial charge on any atom is -0.326 e. The van der Waals surface area contributed by atoms with Crippen molar-refractivity contribution >= 4 is 35.0 Å². The maximum atomic E-state index is 12.3. The van der Waals surface area contributed by atoms with Crippen molar-refractivity contribution in [2.24, 2.45) is 0 Å². The van der Waals surface area contributed by atoms with Gasteiger partial charge in [0.05, 0.1) is 5.75 Å². The number of anilines is 2. The largest absolute Gasteiger partial charge is 0.326 e. The van der Waals surface area contributed by atoms with Crippen LogP contribution >= 0.6 is 11.8 Å². The molecule has 0 aliphatic heterocycles. The maximum absolute atomic E-state index is 12.3. The molecule has 0 unspecified atom stereocenters. The highest BCUT2D eigenvalue weighted by molar-refractivity contribution is 7.99. The first-order chi connectivity index (χ1) is 14.1. The van der Waals surface area contributed by atoms with Gasteiger partial charge in [-0.2, -0.15) is 0 Å². The van der Waals surface area contributed by atoms with Gasteiger partial charge in [-0.1, -0.05) is 37.1 Å². The fraction of sp³-hybridized carbons (Fsp3) is 0.429. The van der Waals surface area contributed by atoms with E-state index < -0.39 is 0 Å². The Bertz CT molecular complexity index is 856. The Morgan fingerprint density at radius 1 is 1.14 bits per heavy atom. The van der Waals surface area contributed by atoms with Crippen LogP contribution in [0.4, 0.5) is 11.4 Å². The van der Waals surface area contributed by atoms with Crippen LogP contribution in [0.25, 0.3) is 0 Å². The molecular weight excluding hydrogens is 386 g/mol. The summed E-state index contributed by atoms with van der Waals surface area (Å²) >= 11 is 1.38. The zero-order valence-electron chi connectivity index (χ0n) is 16.7. The first-order valence-corrected chi connectivity index (χ1v) is 10.9. The summed E-state index contributed by atoms with van der Waals surface area (Å²) in [5, 5.41) is 15.1. The minimum atomic E-state index is -0.130. The van der Waals surface area contributed by atoms with Crippen LogP contribution in [-0.2, 0) is 16.1 Å². The number of carbonyl (C=O) groups excluding carboxylic acids is 2. The van der Waals surface area contributed by atoms with Crippen LogP contribution in [0.2, 0.25) is 0 Å². The van der Waals surface area contributed by atoms with Crippen molar-refractivity contribution in [3.05, 3.63) is 42.7 Å². The quantitative estimate of drug-likeness (QED) is 0.500. The van der Waals surface area contributed by atoms with Crippen molar-refractivity contribution in [1.29, 1.82) is 0 Å². The molecule has 1 aromatic carbocycles. The Morgan fingerprint density at radius 2 is 1.79 bits per heavy atom. The standard InChI is InChI=1S/C21H27N5O2S/c1-3-13-26-20(16-7-5-4-6-8-16)24-25-21(26)29-14-19(28)23-18-11-9-17(10-12-18)22-15(2)27/h3,9-12,16H,1,4-8,13-14H2,2H3,(H,22,27)(H,23,28). The lowest BCUT2D eigenvalue weighted by Gasteiger charge is -2.21. The lowest BCUT2D eigenvalue weighted by Crippen LogP contribution is -2.15. The van der Waals surface area contributed by atoms with Crippen LogP contribution in [0.15, 0.2) is 42.1 Å². The van der Waals surface area contributed by atoms with Crippen LogP contribution in [-0.4, -0.2) is 32.3 Å². The van der Waals surface area contributed by atoms with E-state index in [1.807, 2.05) is 6.08 Å². The molecule has 0 radical (unpaired) electrons. The molecule has 0 saturated heterocycles. The highest BCUT2D eigenvalue weighted by atomic mass is 32.2. The molecule has 1 fully saturated rings. The summed E-state index contributed by atoms with van der Waals surface area (Å²) in [6, 6.07) is 7.02. The third-order valence-corrected chi connectivity index (χ3v) is 5.82. The molecule has 1 aliphatic carbocycles. The van der Waals surface area contributed by atoms with Crippen molar-refractivity contribution in [3.63, 3.8) is 0 Å². The van der Waals surface area contributed by atoms with Gasteiger partial charge in [0, 0.05) is 30.8 Å². The Kier molecular flexibility index (Phi) is 7.46. The van der Waals surface area contributed by atoms with Gasteiger partial charge in [0.25, 0.3) is 0 Å². The molecule has 0 spiro atoms. The van der Waals surface area contributed by atoms with E-state index in [0.29, 0.717) is 23.8 Å². The fourth-order valence-electron chi connectivity index (χ4n) is 3.54. The van der Waals surface area contributed by atoms with Crippen molar-refractivity contribution in [3.8, 4) is 0 Å². The van der Waals surface area contributed by atoms with Gasteiger partial charge in [-0.3, -0.25) is 9.59 Å². The predicted octanol–water partition coefficient (Wildman–Crippen LogP) is 4.20. The molecule has 2 aromatic rings. The van der Waals surface area contributed by atoms with E-state index in [0.717, 1.165) is 23.8 Å². The first kappa shape index (κ1) is 21.1. The van der Waals surface area contributed by atoms with Crippen LogP contribution < -0.4 is 10.6 Å². The average molecular weight is 414 g/mol. The topological polar surface area (TPSA) is 88.9 Å². The Labute approximate surface area is 175 Å². The molecule has 1 aliphatic rings. The van der Waals surface area contributed by atoms with Gasteiger partial charge >= 0.3 is 0 Å². The van der Waals surface area contributed by atoms with E-state index in [-0.39, 0.29) is 17.6 Å². The number of aromatic nitrogens is 3. The number of hydrogen-bond donors (Lipinski definition) is 2. The highest BCUT2D eigenvalue weighted by Crippen LogP contribution is 2.33. The monoisotopic (exact) mass is 413 g/mol. The summed E-state index contributed by atoms with van der Waals surface area (Å²) < 4.78 is 2.09. The normalized spacial score (nSPS) is 14.4. The number of nitrogens with zero attached hydrogens (tertiary/aromatic N) is 3. The smallest absolute Gasteiger partial charge is 0.234 e. The molecule has 3 rings (SSSR count). The van der Waals surface area contributed by atoms with Gasteiger partial charge in [0.15, 0.2) is 5.16 Å². The van der Waals surface area contributed by atoms with E-state index in [9.17, 15) is 9.59 Å². The summed E-state index contributed by atoms with van der Waals surface area (Å²) in [6.07, 6.45) is 7.90. The molecule has 1 heterocycles. The number of benzene rings is 1. The van der Waals surface area contributed by atoms with E-state index in [1.165, 1.54) is 37.9 Å². The Balaban J connectivity index is 1.58. The third kappa shape index (κ3) is 5.93. The van der Waals surface area contributed by atoms with E-state index >= 15 is 0 Å². The molecule has 7 nitrogen and oxygen atoms in total. The summed E-state index contributed by atoms with van der Waals surface area (Å²) in [6.45, 7) is 5.95. The Morgan fingerprint density at radius 3 is 2.41 bits per heavy atom. The second-order valence-corrected chi connectivity index (χ2v) is 8.11. The molecule has 0 atom stereocenters. The summed E-state index contributed by atoms with van der Waals surface area (Å²) in [5.41, 5.74) is 1.37. The molecule has 0 bridgehead atoms. The van der Waals surface area contributed by atoms with E-state index in [4.69, 9.17) is 0 Å². The first-order valence-electron chi connectivity index (χ1n) is 9.91. The van der Waals surface area contributed by atoms with Gasteiger partial charge < -0.3 is 15.2 Å². The molecule has 154 valence electrons. The van der Waals surface area contributed by atoms with Gasteiger partial charge in [0.2, 0.25) is 11.8 Å². The van der Waals surface area contributed by atoms with Crippen molar-refractivity contribution in [2.75, 3.05) is 16.4 Å². The minimum absolute atomic E-state index is 0.116. The molecule has 2 amide bonds. The molecule has 2 N–H and O–H groups in total. The number of rotatable bonds is 8. The average Bonchev–Trinajstić information content (AvgIpc) is 3.11. The fourth-order valence-corrected chi connectivity index (χ4v) is 4.29. The summed E-state index contributed by atoms with van der Waals surface area (Å²) in [4.78, 5) is 23.4. The van der Waals surface area contributed by atoms with Crippen LogP contribution in [0.3, 0.4) is 0 Å². The zero-order chi connectivity index (χ0) is 20.6. The summed E-state index contributed by atoms with van der Waals surface area (Å²) in [5.74, 6) is 1.46. The molecule has 8 heteroatoms. The molecule has 1 saturated carbocycles. The van der Waals surface area contributed by atoms with E-state index in [2.05, 4.69) is 32.0 Å². The van der Waals surface area contributed by atoms with Crippen LogP contribution in [0.5, 0.6) is 0 Å².